The highest BCUT2D eigenvalue weighted by atomic mass is 35.5. The molecule has 0 unspecified atom stereocenters. The van der Waals surface area contributed by atoms with Crippen LogP contribution in [0, 0.1) is 11.6 Å². The van der Waals surface area contributed by atoms with Crippen molar-refractivity contribution in [2.75, 3.05) is 5.88 Å². The third kappa shape index (κ3) is 2.40. The maximum absolute atomic E-state index is 14.1. The lowest BCUT2D eigenvalue weighted by Crippen LogP contribution is -2.10. The van der Waals surface area contributed by atoms with Crippen molar-refractivity contribution in [2.45, 2.75) is 13.0 Å². The topological polar surface area (TPSA) is 35.6 Å². The number of aryl methyl sites for hydroxylation is 2. The van der Waals surface area contributed by atoms with Gasteiger partial charge in [-0.2, -0.15) is 0 Å². The van der Waals surface area contributed by atoms with Gasteiger partial charge in [0.25, 0.3) is 0 Å². The van der Waals surface area contributed by atoms with Gasteiger partial charge in [0.15, 0.2) is 11.6 Å². The quantitative estimate of drug-likeness (QED) is 0.695. The van der Waals surface area contributed by atoms with Gasteiger partial charge in [0.1, 0.15) is 17.2 Å². The molecule has 7 heteroatoms. The lowest BCUT2D eigenvalue weighted by molar-refractivity contribution is 0.511. The molecule has 0 saturated carbocycles. The van der Waals surface area contributed by atoms with Gasteiger partial charge in [0.05, 0.1) is 12.1 Å². The van der Waals surface area contributed by atoms with Crippen molar-refractivity contribution in [1.82, 2.24) is 19.1 Å². The molecule has 0 radical (unpaired) electrons. The number of halogens is 3. The molecule has 4 nitrogen and oxygen atoms in total. The normalized spacial score (nSPS) is 11.4. The Kier molecular flexibility index (Phi) is 3.63. The highest BCUT2D eigenvalue weighted by Crippen LogP contribution is 2.23. The van der Waals surface area contributed by atoms with Gasteiger partial charge in [0.2, 0.25) is 0 Å². The third-order valence-corrected chi connectivity index (χ3v) is 3.61. The fourth-order valence-electron chi connectivity index (χ4n) is 2.34. The first-order valence-corrected chi connectivity index (χ1v) is 7.00. The number of rotatable bonds is 4. The number of hydrogen-bond donors (Lipinski definition) is 0. The molecule has 0 fully saturated rings. The summed E-state index contributed by atoms with van der Waals surface area (Å²) in [6.07, 6.45) is 3.93. The summed E-state index contributed by atoms with van der Waals surface area (Å²) in [5.41, 5.74) is 0.571. The number of imidazole rings is 2. The van der Waals surface area contributed by atoms with Crippen LogP contribution in [0.2, 0.25) is 0 Å². The van der Waals surface area contributed by atoms with Crippen LogP contribution in [0.1, 0.15) is 11.6 Å². The second-order valence-corrected chi connectivity index (χ2v) is 5.11. The van der Waals surface area contributed by atoms with Crippen LogP contribution in [0.15, 0.2) is 24.5 Å². The van der Waals surface area contributed by atoms with E-state index in [1.165, 1.54) is 6.07 Å². The molecule has 0 atom stereocenters. The average molecular weight is 311 g/mol. The molecule has 0 spiro atoms. The molecule has 0 amide bonds. The van der Waals surface area contributed by atoms with E-state index in [0.29, 0.717) is 30.2 Å². The SMILES string of the molecule is Cn1ccnc1Cn1c(CCCl)nc2ccc(F)c(F)c21. The average Bonchev–Trinajstić information content (AvgIpc) is 3.01. The van der Waals surface area contributed by atoms with Gasteiger partial charge in [0, 0.05) is 31.7 Å². The lowest BCUT2D eigenvalue weighted by Gasteiger charge is -2.09. The number of benzene rings is 1. The summed E-state index contributed by atoms with van der Waals surface area (Å²) in [5.74, 6) is -0.0780. The van der Waals surface area contributed by atoms with E-state index in [0.717, 1.165) is 11.9 Å². The van der Waals surface area contributed by atoms with Gasteiger partial charge < -0.3 is 9.13 Å². The molecule has 2 heterocycles. The smallest absolute Gasteiger partial charge is 0.184 e. The predicted molar refractivity (Wildman–Crippen MR) is 76.4 cm³/mol. The molecule has 21 heavy (non-hydrogen) atoms. The number of nitrogens with zero attached hydrogens (tertiary/aromatic N) is 4. The first kappa shape index (κ1) is 14.0. The van der Waals surface area contributed by atoms with Crippen LogP contribution >= 0.6 is 11.6 Å². The van der Waals surface area contributed by atoms with E-state index >= 15 is 0 Å². The largest absolute Gasteiger partial charge is 0.337 e. The Labute approximate surface area is 125 Å². The van der Waals surface area contributed by atoms with E-state index in [4.69, 9.17) is 11.6 Å². The van der Waals surface area contributed by atoms with Gasteiger partial charge in [-0.1, -0.05) is 0 Å². The summed E-state index contributed by atoms with van der Waals surface area (Å²) in [7, 11) is 1.85. The van der Waals surface area contributed by atoms with Crippen molar-refractivity contribution in [1.29, 1.82) is 0 Å². The van der Waals surface area contributed by atoms with E-state index in [-0.39, 0.29) is 5.52 Å². The zero-order valence-electron chi connectivity index (χ0n) is 11.4. The van der Waals surface area contributed by atoms with Crippen LogP contribution in [0.5, 0.6) is 0 Å². The second kappa shape index (κ2) is 5.44. The highest BCUT2D eigenvalue weighted by Gasteiger charge is 2.18. The van der Waals surface area contributed by atoms with Crippen molar-refractivity contribution >= 4 is 22.6 Å². The minimum atomic E-state index is -0.893. The number of hydrogen-bond acceptors (Lipinski definition) is 2. The van der Waals surface area contributed by atoms with Gasteiger partial charge in [-0.3, -0.25) is 0 Å². The molecule has 0 bridgehead atoms. The van der Waals surface area contributed by atoms with E-state index in [1.54, 1.807) is 17.0 Å². The molecule has 3 aromatic rings. The molecule has 0 aliphatic heterocycles. The Bertz CT molecular complexity index is 794. The van der Waals surface area contributed by atoms with Crippen LogP contribution in [-0.2, 0) is 20.0 Å². The predicted octanol–water partition coefficient (Wildman–Crippen LogP) is 2.88. The molecule has 0 aliphatic rings. The molecule has 110 valence electrons. The molecular formula is C14H13ClF2N4. The first-order chi connectivity index (χ1) is 10.1. The van der Waals surface area contributed by atoms with Crippen molar-refractivity contribution in [2.24, 2.45) is 7.05 Å². The number of fused-ring (bicyclic) bond motifs is 1. The number of aromatic nitrogens is 4. The van der Waals surface area contributed by atoms with E-state index in [1.807, 2.05) is 11.6 Å². The van der Waals surface area contributed by atoms with Gasteiger partial charge >= 0.3 is 0 Å². The minimum Gasteiger partial charge on any atom is -0.337 e. The van der Waals surface area contributed by atoms with Crippen molar-refractivity contribution in [3.63, 3.8) is 0 Å². The van der Waals surface area contributed by atoms with Crippen molar-refractivity contribution < 1.29 is 8.78 Å². The van der Waals surface area contributed by atoms with E-state index in [2.05, 4.69) is 9.97 Å². The van der Waals surface area contributed by atoms with Crippen molar-refractivity contribution in [3.8, 4) is 0 Å². The molecule has 0 N–H and O–H groups in total. The fraction of sp³-hybridized carbons (Fsp3) is 0.286. The fourth-order valence-corrected chi connectivity index (χ4v) is 2.51. The summed E-state index contributed by atoms with van der Waals surface area (Å²) in [5, 5.41) is 0. The summed E-state index contributed by atoms with van der Waals surface area (Å²) >= 11 is 5.78. The van der Waals surface area contributed by atoms with E-state index < -0.39 is 11.6 Å². The third-order valence-electron chi connectivity index (χ3n) is 3.42. The summed E-state index contributed by atoms with van der Waals surface area (Å²) in [4.78, 5) is 8.57. The molecule has 2 aromatic heterocycles. The maximum atomic E-state index is 14.1. The Balaban J connectivity index is 2.19. The Morgan fingerprint density at radius 3 is 2.71 bits per heavy atom. The number of alkyl halides is 1. The molecule has 1 aromatic carbocycles. The van der Waals surface area contributed by atoms with Crippen molar-refractivity contribution in [3.05, 3.63) is 47.8 Å². The first-order valence-electron chi connectivity index (χ1n) is 6.47. The van der Waals surface area contributed by atoms with Crippen LogP contribution in [0.3, 0.4) is 0 Å². The zero-order valence-corrected chi connectivity index (χ0v) is 12.1. The maximum Gasteiger partial charge on any atom is 0.184 e. The zero-order chi connectivity index (χ0) is 15.0. The molecule has 0 aliphatic carbocycles. The molecular weight excluding hydrogens is 298 g/mol. The van der Waals surface area contributed by atoms with Crippen LogP contribution in [-0.4, -0.2) is 25.0 Å². The second-order valence-electron chi connectivity index (χ2n) is 4.74. The minimum absolute atomic E-state index is 0.151. The van der Waals surface area contributed by atoms with Gasteiger partial charge in [-0.15, -0.1) is 11.6 Å². The lowest BCUT2D eigenvalue weighted by atomic mass is 10.3. The monoisotopic (exact) mass is 310 g/mol. The Morgan fingerprint density at radius 2 is 2.05 bits per heavy atom. The summed E-state index contributed by atoms with van der Waals surface area (Å²) in [6, 6.07) is 2.56. The van der Waals surface area contributed by atoms with Crippen LogP contribution in [0.25, 0.3) is 11.0 Å². The van der Waals surface area contributed by atoms with Crippen LogP contribution < -0.4 is 0 Å². The summed E-state index contributed by atoms with van der Waals surface area (Å²) in [6.45, 7) is 0.312. The Hall–Kier alpha value is -1.95. The van der Waals surface area contributed by atoms with Gasteiger partial charge in [-0.05, 0) is 12.1 Å². The molecule has 3 rings (SSSR count). The van der Waals surface area contributed by atoms with Gasteiger partial charge in [-0.25, -0.2) is 18.7 Å². The highest BCUT2D eigenvalue weighted by molar-refractivity contribution is 6.17. The Morgan fingerprint density at radius 1 is 1.24 bits per heavy atom. The summed E-state index contributed by atoms with van der Waals surface area (Å²) < 4.78 is 31.1. The van der Waals surface area contributed by atoms with Crippen LogP contribution in [0.4, 0.5) is 8.78 Å². The molecule has 0 saturated heterocycles. The van der Waals surface area contributed by atoms with E-state index in [9.17, 15) is 8.78 Å². The standard InChI is InChI=1S/C14H13ClF2N4/c1-20-7-6-18-12(20)8-21-11(4-5-15)19-10-3-2-9(16)13(17)14(10)21/h2-3,6-7H,4-5,8H2,1H3.